The maximum Gasteiger partial charge on any atom is 0.336 e. The van der Waals surface area contributed by atoms with Gasteiger partial charge in [-0.3, -0.25) is 4.79 Å². The van der Waals surface area contributed by atoms with Crippen molar-refractivity contribution in [2.45, 2.75) is 70.5 Å². The minimum Gasteiger partial charge on any atom is -0.491 e. The summed E-state index contributed by atoms with van der Waals surface area (Å²) in [4.78, 5) is 27.3. The highest BCUT2D eigenvalue weighted by Crippen LogP contribution is 2.47. The number of carbonyl (C=O) groups excluding carboxylic acids is 2. The smallest absolute Gasteiger partial charge is 0.336 e. The molecular formula is C29H33NO6. The second-order valence-corrected chi connectivity index (χ2v) is 9.97. The van der Waals surface area contributed by atoms with E-state index in [9.17, 15) is 9.59 Å². The van der Waals surface area contributed by atoms with Crippen molar-refractivity contribution in [1.29, 1.82) is 0 Å². The molecule has 3 heterocycles. The molecule has 0 saturated carbocycles. The number of furan rings is 1. The molecule has 1 N–H and O–H groups in total. The lowest BCUT2D eigenvalue weighted by atomic mass is 9.72. The normalized spacial score (nSPS) is 24.1. The van der Waals surface area contributed by atoms with Gasteiger partial charge in [0.2, 0.25) is 0 Å². The first-order chi connectivity index (χ1) is 17.4. The quantitative estimate of drug-likeness (QED) is 0.536. The number of hydrogen-bond acceptors (Lipinski definition) is 7. The van der Waals surface area contributed by atoms with Crippen LogP contribution in [0, 0.1) is 0 Å². The highest BCUT2D eigenvalue weighted by Gasteiger charge is 2.43. The Kier molecular flexibility index (Phi) is 7.01. The molecule has 0 radical (unpaired) electrons. The van der Waals surface area contributed by atoms with E-state index in [1.165, 1.54) is 0 Å². The highest BCUT2D eigenvalue weighted by atomic mass is 16.6. The van der Waals surface area contributed by atoms with Gasteiger partial charge in [0.25, 0.3) is 0 Å². The van der Waals surface area contributed by atoms with Gasteiger partial charge in [-0.2, -0.15) is 0 Å². The van der Waals surface area contributed by atoms with Crippen LogP contribution >= 0.6 is 0 Å². The van der Waals surface area contributed by atoms with Crippen LogP contribution in [0.15, 0.2) is 69.6 Å². The minimum atomic E-state index is -0.585. The fraction of sp³-hybridized carbons (Fsp3) is 0.448. The summed E-state index contributed by atoms with van der Waals surface area (Å²) in [7, 11) is 0. The van der Waals surface area contributed by atoms with Crippen molar-refractivity contribution in [3.63, 3.8) is 0 Å². The maximum absolute atomic E-state index is 13.7. The molecule has 1 saturated heterocycles. The van der Waals surface area contributed by atoms with E-state index in [-0.39, 0.29) is 30.5 Å². The van der Waals surface area contributed by atoms with Gasteiger partial charge in [-0.1, -0.05) is 18.2 Å². The molecule has 1 aromatic carbocycles. The largest absolute Gasteiger partial charge is 0.491 e. The van der Waals surface area contributed by atoms with E-state index in [0.717, 1.165) is 29.9 Å². The number of dihydropyridines is 1. The topological polar surface area (TPSA) is 87.0 Å². The molecule has 36 heavy (non-hydrogen) atoms. The number of rotatable bonds is 7. The second-order valence-electron chi connectivity index (χ2n) is 9.97. The summed E-state index contributed by atoms with van der Waals surface area (Å²) in [6.07, 6.45) is 4.26. The zero-order valence-corrected chi connectivity index (χ0v) is 21.0. The standard InChI is InChI=1S/C29H33NO6/c1-17(2)36-25-10-5-4-9-21(25)27-26(29(32)35-16-20-8-6-12-33-20)18(3)30-22-14-19(15-23(31)28(22)27)24-11-7-13-34-24/h4-5,7,9-11,13,17,19-20,27,30H,6,8,12,14-16H2,1-3H3/t19-,20-,27-/m1/s1. The number of esters is 1. The van der Waals surface area contributed by atoms with Gasteiger partial charge in [-0.25, -0.2) is 4.79 Å². The highest BCUT2D eigenvalue weighted by molar-refractivity contribution is 6.04. The van der Waals surface area contributed by atoms with Gasteiger partial charge >= 0.3 is 5.97 Å². The van der Waals surface area contributed by atoms with E-state index in [0.29, 0.717) is 42.0 Å². The Hall–Kier alpha value is -3.32. The first kappa shape index (κ1) is 24.4. The molecule has 7 nitrogen and oxygen atoms in total. The molecule has 1 fully saturated rings. The monoisotopic (exact) mass is 491 g/mol. The number of ketones is 1. The van der Waals surface area contributed by atoms with Crippen LogP contribution in [0.25, 0.3) is 0 Å². The molecule has 1 aromatic heterocycles. The molecule has 7 heteroatoms. The first-order valence-corrected chi connectivity index (χ1v) is 12.7. The van der Waals surface area contributed by atoms with E-state index >= 15 is 0 Å². The Balaban J connectivity index is 1.55. The Morgan fingerprint density at radius 1 is 1.17 bits per heavy atom. The van der Waals surface area contributed by atoms with E-state index in [1.807, 2.05) is 57.2 Å². The summed E-state index contributed by atoms with van der Waals surface area (Å²) in [5, 5.41) is 3.38. The fourth-order valence-corrected chi connectivity index (χ4v) is 5.45. The van der Waals surface area contributed by atoms with Crippen LogP contribution in [-0.4, -0.2) is 37.2 Å². The van der Waals surface area contributed by atoms with Crippen LogP contribution in [-0.2, 0) is 19.1 Å². The third-order valence-electron chi connectivity index (χ3n) is 7.01. The molecule has 5 rings (SSSR count). The van der Waals surface area contributed by atoms with Crippen LogP contribution in [0.3, 0.4) is 0 Å². The molecule has 1 aliphatic carbocycles. The predicted molar refractivity (Wildman–Crippen MR) is 133 cm³/mol. The molecule has 0 spiro atoms. The summed E-state index contributed by atoms with van der Waals surface area (Å²) < 4.78 is 23.1. The lowest BCUT2D eigenvalue weighted by Crippen LogP contribution is -2.36. The third kappa shape index (κ3) is 4.85. The Bertz CT molecular complexity index is 1190. The zero-order chi connectivity index (χ0) is 25.2. The van der Waals surface area contributed by atoms with Crippen LogP contribution in [0.4, 0.5) is 0 Å². The SMILES string of the molecule is CC1=C(C(=O)OC[C@H]2CCCO2)[C@@H](c2ccccc2OC(C)C)C2=C(C[C@@H](c3ccco3)CC2=O)N1. The van der Waals surface area contributed by atoms with Crippen LogP contribution in [0.2, 0.25) is 0 Å². The Morgan fingerprint density at radius 3 is 2.72 bits per heavy atom. The van der Waals surface area contributed by atoms with Crippen LogP contribution in [0.1, 0.15) is 69.6 Å². The second kappa shape index (κ2) is 10.3. The Morgan fingerprint density at radius 2 is 2.00 bits per heavy atom. The first-order valence-electron chi connectivity index (χ1n) is 12.7. The summed E-state index contributed by atoms with van der Waals surface area (Å²) in [5.74, 6) is 0.365. The molecule has 2 aliphatic heterocycles. The van der Waals surface area contributed by atoms with Gasteiger partial charge < -0.3 is 23.9 Å². The van der Waals surface area contributed by atoms with E-state index < -0.39 is 11.9 Å². The van der Waals surface area contributed by atoms with Gasteiger partial charge in [-0.05, 0) is 58.2 Å². The minimum absolute atomic E-state index is 0.00794. The maximum atomic E-state index is 13.7. The molecule has 0 amide bonds. The number of ether oxygens (including phenoxy) is 3. The number of benzene rings is 1. The summed E-state index contributed by atoms with van der Waals surface area (Å²) >= 11 is 0. The average molecular weight is 492 g/mol. The third-order valence-corrected chi connectivity index (χ3v) is 7.01. The van der Waals surface area contributed by atoms with E-state index in [2.05, 4.69) is 5.32 Å². The van der Waals surface area contributed by atoms with Crippen molar-refractivity contribution in [2.75, 3.05) is 13.2 Å². The van der Waals surface area contributed by atoms with Gasteiger partial charge in [0.05, 0.1) is 30.0 Å². The molecule has 3 aliphatic rings. The number of nitrogens with one attached hydrogen (secondary N) is 1. The van der Waals surface area contributed by atoms with Gasteiger partial charge in [0, 0.05) is 41.5 Å². The van der Waals surface area contributed by atoms with Crippen molar-refractivity contribution in [1.82, 2.24) is 5.32 Å². The van der Waals surface area contributed by atoms with Crippen molar-refractivity contribution in [3.05, 3.63) is 76.5 Å². The number of hydrogen-bond donors (Lipinski definition) is 1. The molecule has 190 valence electrons. The molecule has 0 unspecified atom stereocenters. The van der Waals surface area contributed by atoms with E-state index in [1.54, 1.807) is 6.26 Å². The summed E-state index contributed by atoms with van der Waals surface area (Å²) in [6, 6.07) is 11.4. The number of allylic oxidation sites excluding steroid dienone is 3. The van der Waals surface area contributed by atoms with Gasteiger partial charge in [0.1, 0.15) is 18.1 Å². The van der Waals surface area contributed by atoms with E-state index in [4.69, 9.17) is 18.6 Å². The fourth-order valence-electron chi connectivity index (χ4n) is 5.45. The molecule has 2 aromatic rings. The predicted octanol–water partition coefficient (Wildman–Crippen LogP) is 5.15. The lowest BCUT2D eigenvalue weighted by Gasteiger charge is -2.36. The van der Waals surface area contributed by atoms with Crippen LogP contribution in [0.5, 0.6) is 5.75 Å². The van der Waals surface area contributed by atoms with Gasteiger partial charge in [-0.15, -0.1) is 0 Å². The van der Waals surface area contributed by atoms with Crippen LogP contribution < -0.4 is 10.1 Å². The van der Waals surface area contributed by atoms with Gasteiger partial charge in [0.15, 0.2) is 5.78 Å². The molecular weight excluding hydrogens is 458 g/mol. The number of para-hydroxylation sites is 1. The summed E-state index contributed by atoms with van der Waals surface area (Å²) in [5.41, 5.74) is 3.34. The van der Waals surface area contributed by atoms with Crippen molar-refractivity contribution >= 4 is 11.8 Å². The average Bonchev–Trinajstić information content (AvgIpc) is 3.56. The number of carbonyl (C=O) groups is 2. The van der Waals surface area contributed by atoms with Crippen molar-refractivity contribution < 1.29 is 28.2 Å². The Labute approximate surface area is 211 Å². The lowest BCUT2D eigenvalue weighted by molar-refractivity contribution is -0.142. The van der Waals surface area contributed by atoms with Crippen molar-refractivity contribution in [3.8, 4) is 5.75 Å². The number of Topliss-reactive ketones (excluding diaryl/α,β-unsaturated/α-hetero) is 1. The molecule has 3 atom stereocenters. The molecule has 0 bridgehead atoms. The zero-order valence-electron chi connectivity index (χ0n) is 21.0. The van der Waals surface area contributed by atoms with Crippen molar-refractivity contribution in [2.24, 2.45) is 0 Å². The summed E-state index contributed by atoms with van der Waals surface area (Å²) in [6.45, 7) is 6.68.